The number of carbonyl (C=O) groups excluding carboxylic acids is 2. The molecule has 2 saturated carbocycles. The third kappa shape index (κ3) is 4.61. The van der Waals surface area contributed by atoms with Crippen LogP contribution < -0.4 is 5.32 Å². The summed E-state index contributed by atoms with van der Waals surface area (Å²) in [5, 5.41) is 3.22. The van der Waals surface area contributed by atoms with E-state index < -0.39 is 6.04 Å². The minimum absolute atomic E-state index is 0.0167. The highest BCUT2D eigenvalue weighted by Gasteiger charge is 2.35. The van der Waals surface area contributed by atoms with Crippen molar-refractivity contribution in [2.24, 2.45) is 0 Å². The van der Waals surface area contributed by atoms with E-state index in [2.05, 4.69) is 10.3 Å². The fourth-order valence-corrected chi connectivity index (χ4v) is 4.98. The number of aromatic amines is 1. The highest BCUT2D eigenvalue weighted by molar-refractivity contribution is 5.97. The van der Waals surface area contributed by atoms with Crippen LogP contribution in [0.25, 0.3) is 11.3 Å². The molecule has 30 heavy (non-hydrogen) atoms. The highest BCUT2D eigenvalue weighted by Crippen LogP contribution is 2.28. The molecule has 1 aromatic carbocycles. The van der Waals surface area contributed by atoms with Crippen LogP contribution in [0.15, 0.2) is 42.5 Å². The van der Waals surface area contributed by atoms with Gasteiger partial charge in [-0.05, 0) is 50.3 Å². The molecule has 2 fully saturated rings. The van der Waals surface area contributed by atoms with Crippen LogP contribution in [0, 0.1) is 0 Å². The molecule has 0 spiro atoms. The van der Waals surface area contributed by atoms with Gasteiger partial charge < -0.3 is 15.2 Å². The number of nitrogens with zero attached hydrogens (tertiary/aromatic N) is 1. The van der Waals surface area contributed by atoms with E-state index in [4.69, 9.17) is 0 Å². The summed E-state index contributed by atoms with van der Waals surface area (Å²) in [4.78, 5) is 31.7. The van der Waals surface area contributed by atoms with Gasteiger partial charge in [-0.25, -0.2) is 0 Å². The van der Waals surface area contributed by atoms with Crippen LogP contribution in [0.1, 0.15) is 75.2 Å². The summed E-state index contributed by atoms with van der Waals surface area (Å²) in [6, 6.07) is 13.7. The molecule has 1 atom stereocenters. The number of hydrogen-bond acceptors (Lipinski definition) is 2. The van der Waals surface area contributed by atoms with Crippen molar-refractivity contribution in [1.82, 2.24) is 15.2 Å². The molecular formula is C25H33N3O2. The summed E-state index contributed by atoms with van der Waals surface area (Å²) in [5.41, 5.74) is 2.52. The minimum Gasteiger partial charge on any atom is -0.352 e. The lowest BCUT2D eigenvalue weighted by Crippen LogP contribution is -2.53. The molecule has 1 heterocycles. The van der Waals surface area contributed by atoms with Crippen molar-refractivity contribution in [2.45, 2.75) is 82.8 Å². The molecule has 2 aliphatic rings. The predicted octanol–water partition coefficient (Wildman–Crippen LogP) is 4.90. The number of H-pyrrole nitrogens is 1. The number of benzene rings is 1. The third-order valence-corrected chi connectivity index (χ3v) is 6.70. The molecule has 0 bridgehead atoms. The zero-order valence-corrected chi connectivity index (χ0v) is 17.9. The Morgan fingerprint density at radius 3 is 2.30 bits per heavy atom. The van der Waals surface area contributed by atoms with Crippen LogP contribution in [0.2, 0.25) is 0 Å². The highest BCUT2D eigenvalue weighted by atomic mass is 16.2. The summed E-state index contributed by atoms with van der Waals surface area (Å²) in [6.45, 7) is 1.88. The van der Waals surface area contributed by atoms with Crippen molar-refractivity contribution in [2.75, 3.05) is 0 Å². The van der Waals surface area contributed by atoms with Crippen LogP contribution in [-0.2, 0) is 4.79 Å². The van der Waals surface area contributed by atoms with Gasteiger partial charge in [0, 0.05) is 17.8 Å². The van der Waals surface area contributed by atoms with Crippen LogP contribution in [0.4, 0.5) is 0 Å². The Balaban J connectivity index is 1.52. The van der Waals surface area contributed by atoms with Crippen LogP contribution in [0.3, 0.4) is 0 Å². The first-order chi connectivity index (χ1) is 14.6. The molecule has 0 radical (unpaired) electrons. The van der Waals surface area contributed by atoms with Crippen LogP contribution >= 0.6 is 0 Å². The average molecular weight is 408 g/mol. The van der Waals surface area contributed by atoms with E-state index >= 15 is 0 Å². The molecule has 160 valence electrons. The molecule has 0 aliphatic heterocycles. The van der Waals surface area contributed by atoms with E-state index in [1.807, 2.05) is 54.3 Å². The number of rotatable bonds is 6. The van der Waals surface area contributed by atoms with Gasteiger partial charge in [0.05, 0.1) is 0 Å². The number of carbonyl (C=O) groups is 2. The first-order valence-electron chi connectivity index (χ1n) is 11.5. The maximum absolute atomic E-state index is 13.5. The zero-order chi connectivity index (χ0) is 20.9. The van der Waals surface area contributed by atoms with Crippen molar-refractivity contribution in [1.29, 1.82) is 0 Å². The topological polar surface area (TPSA) is 65.2 Å². The summed E-state index contributed by atoms with van der Waals surface area (Å²) in [5.74, 6) is -0.0904. The summed E-state index contributed by atoms with van der Waals surface area (Å²) in [7, 11) is 0. The molecule has 2 aromatic rings. The fourth-order valence-electron chi connectivity index (χ4n) is 4.98. The van der Waals surface area contributed by atoms with Gasteiger partial charge in [0.15, 0.2) is 0 Å². The Kier molecular flexibility index (Phi) is 6.56. The second kappa shape index (κ2) is 9.50. The Labute approximate surface area is 179 Å². The van der Waals surface area contributed by atoms with E-state index in [0.29, 0.717) is 5.69 Å². The smallest absolute Gasteiger partial charge is 0.271 e. The third-order valence-electron chi connectivity index (χ3n) is 6.70. The Bertz CT molecular complexity index is 848. The van der Waals surface area contributed by atoms with Gasteiger partial charge in [0.2, 0.25) is 5.91 Å². The second-order valence-corrected chi connectivity index (χ2v) is 8.82. The van der Waals surface area contributed by atoms with E-state index in [0.717, 1.165) is 49.8 Å². The molecule has 1 aromatic heterocycles. The molecule has 4 rings (SSSR count). The number of aromatic nitrogens is 1. The van der Waals surface area contributed by atoms with Gasteiger partial charge in [0.1, 0.15) is 11.7 Å². The molecule has 2 aliphatic carbocycles. The predicted molar refractivity (Wildman–Crippen MR) is 119 cm³/mol. The SMILES string of the molecule is CC(C(=O)NC1CCCCC1)N(C(=O)c1ccc(-c2ccccc2)[nH]1)C1CCCC1. The van der Waals surface area contributed by atoms with Crippen molar-refractivity contribution < 1.29 is 9.59 Å². The number of nitrogens with one attached hydrogen (secondary N) is 2. The Morgan fingerprint density at radius 2 is 1.60 bits per heavy atom. The van der Waals surface area contributed by atoms with E-state index in [-0.39, 0.29) is 23.9 Å². The average Bonchev–Trinajstić information content (AvgIpc) is 3.48. The fraction of sp³-hybridized carbons (Fsp3) is 0.520. The van der Waals surface area contributed by atoms with Gasteiger partial charge in [-0.15, -0.1) is 0 Å². The molecule has 1 unspecified atom stereocenters. The van der Waals surface area contributed by atoms with Crippen molar-refractivity contribution in [3.8, 4) is 11.3 Å². The molecule has 2 N–H and O–H groups in total. The van der Waals surface area contributed by atoms with E-state index in [9.17, 15) is 9.59 Å². The lowest BCUT2D eigenvalue weighted by Gasteiger charge is -2.35. The van der Waals surface area contributed by atoms with Gasteiger partial charge in [0.25, 0.3) is 5.91 Å². The lowest BCUT2D eigenvalue weighted by molar-refractivity contribution is -0.126. The van der Waals surface area contributed by atoms with Crippen LogP contribution in [0.5, 0.6) is 0 Å². The number of hydrogen-bond donors (Lipinski definition) is 2. The first kappa shape index (κ1) is 20.7. The maximum atomic E-state index is 13.5. The molecule has 5 heteroatoms. The van der Waals surface area contributed by atoms with Gasteiger partial charge in [-0.2, -0.15) is 0 Å². The molecular weight excluding hydrogens is 374 g/mol. The number of amides is 2. The maximum Gasteiger partial charge on any atom is 0.271 e. The van der Waals surface area contributed by atoms with Crippen molar-refractivity contribution in [3.63, 3.8) is 0 Å². The molecule has 2 amide bonds. The Hall–Kier alpha value is -2.56. The second-order valence-electron chi connectivity index (χ2n) is 8.82. The van der Waals surface area contributed by atoms with Gasteiger partial charge >= 0.3 is 0 Å². The van der Waals surface area contributed by atoms with E-state index in [1.54, 1.807) is 0 Å². The van der Waals surface area contributed by atoms with Crippen molar-refractivity contribution in [3.05, 3.63) is 48.2 Å². The zero-order valence-electron chi connectivity index (χ0n) is 17.9. The van der Waals surface area contributed by atoms with Gasteiger partial charge in [-0.3, -0.25) is 9.59 Å². The minimum atomic E-state index is -0.467. The molecule has 5 nitrogen and oxygen atoms in total. The Morgan fingerprint density at radius 1 is 0.933 bits per heavy atom. The lowest BCUT2D eigenvalue weighted by atomic mass is 9.95. The molecule has 0 saturated heterocycles. The summed E-state index contributed by atoms with van der Waals surface area (Å²) in [6.07, 6.45) is 9.88. The summed E-state index contributed by atoms with van der Waals surface area (Å²) < 4.78 is 0. The van der Waals surface area contributed by atoms with Crippen LogP contribution in [-0.4, -0.2) is 39.8 Å². The summed E-state index contributed by atoms with van der Waals surface area (Å²) >= 11 is 0. The van der Waals surface area contributed by atoms with E-state index in [1.165, 1.54) is 19.3 Å². The normalized spacial score (nSPS) is 18.8. The quantitative estimate of drug-likeness (QED) is 0.715. The van der Waals surface area contributed by atoms with Crippen molar-refractivity contribution >= 4 is 11.8 Å². The first-order valence-corrected chi connectivity index (χ1v) is 11.5. The van der Waals surface area contributed by atoms with Gasteiger partial charge in [-0.1, -0.05) is 62.4 Å². The largest absolute Gasteiger partial charge is 0.352 e. The monoisotopic (exact) mass is 407 g/mol. The standard InChI is InChI=1S/C25H33N3O2/c1-18(24(29)26-20-12-6-3-7-13-20)28(21-14-8-9-15-21)25(30)23-17-16-22(27-23)19-10-4-2-5-11-19/h2,4-5,10-11,16-18,20-21,27H,3,6-9,12-15H2,1H3,(H,26,29).